The Bertz CT molecular complexity index is 546. The third kappa shape index (κ3) is 3.15. The van der Waals surface area contributed by atoms with Crippen molar-refractivity contribution in [2.75, 3.05) is 0 Å². The van der Waals surface area contributed by atoms with Gasteiger partial charge in [-0.2, -0.15) is 5.10 Å². The number of aromatic nitrogens is 2. The monoisotopic (exact) mass is 259 g/mol. The van der Waals surface area contributed by atoms with Gasteiger partial charge in [0.25, 0.3) is 0 Å². The normalized spacial score (nSPS) is 12.4. The zero-order valence-corrected chi connectivity index (χ0v) is 11.8. The van der Waals surface area contributed by atoms with E-state index in [1.807, 2.05) is 42.8 Å². The zero-order valence-electron chi connectivity index (χ0n) is 11.8. The van der Waals surface area contributed by atoms with Gasteiger partial charge in [-0.3, -0.25) is 4.68 Å². The molecule has 102 valence electrons. The number of hydrogen-bond acceptors (Lipinski definition) is 3. The first kappa shape index (κ1) is 13.6. The van der Waals surface area contributed by atoms with Gasteiger partial charge in [0.2, 0.25) is 0 Å². The molecule has 0 amide bonds. The molecule has 1 unspecified atom stereocenters. The topological polar surface area (TPSA) is 53.1 Å². The van der Waals surface area contributed by atoms with Crippen molar-refractivity contribution in [1.82, 2.24) is 9.78 Å². The number of hydrogen-bond donors (Lipinski definition) is 1. The Hall–Kier alpha value is -1.81. The van der Waals surface area contributed by atoms with Crippen LogP contribution in [0.2, 0.25) is 0 Å². The van der Waals surface area contributed by atoms with Gasteiger partial charge in [-0.1, -0.05) is 18.2 Å². The van der Waals surface area contributed by atoms with Gasteiger partial charge in [0.05, 0.1) is 11.4 Å². The van der Waals surface area contributed by atoms with E-state index in [9.17, 15) is 0 Å². The fourth-order valence-electron chi connectivity index (χ4n) is 2.13. The van der Waals surface area contributed by atoms with E-state index in [1.165, 1.54) is 0 Å². The highest BCUT2D eigenvalue weighted by atomic mass is 16.5. The molecule has 0 bridgehead atoms. The Balaban J connectivity index is 2.14. The van der Waals surface area contributed by atoms with Crippen LogP contribution in [0.15, 0.2) is 30.3 Å². The Morgan fingerprint density at radius 1 is 1.37 bits per heavy atom. The minimum atomic E-state index is -0.0333. The van der Waals surface area contributed by atoms with Crippen LogP contribution in [0.5, 0.6) is 5.75 Å². The van der Waals surface area contributed by atoms with Gasteiger partial charge in [0, 0.05) is 18.2 Å². The minimum absolute atomic E-state index is 0.0333. The van der Waals surface area contributed by atoms with Crippen molar-refractivity contribution in [2.24, 2.45) is 5.73 Å². The molecule has 0 radical (unpaired) electrons. The lowest BCUT2D eigenvalue weighted by atomic mass is 10.1. The molecular weight excluding hydrogens is 238 g/mol. The highest BCUT2D eigenvalue weighted by Crippen LogP contribution is 2.24. The van der Waals surface area contributed by atoms with Gasteiger partial charge in [-0.05, 0) is 32.9 Å². The molecule has 1 heterocycles. The summed E-state index contributed by atoms with van der Waals surface area (Å²) in [5.74, 6) is 0.846. The summed E-state index contributed by atoms with van der Waals surface area (Å²) in [5.41, 5.74) is 9.07. The van der Waals surface area contributed by atoms with Crippen molar-refractivity contribution in [3.8, 4) is 5.75 Å². The second kappa shape index (κ2) is 5.89. The molecule has 0 aliphatic carbocycles. The molecule has 1 aromatic carbocycles. The van der Waals surface area contributed by atoms with E-state index in [1.54, 1.807) is 0 Å². The van der Waals surface area contributed by atoms with Crippen molar-refractivity contribution in [2.45, 2.75) is 40.0 Å². The largest absolute Gasteiger partial charge is 0.487 e. The molecule has 2 rings (SSSR count). The van der Waals surface area contributed by atoms with E-state index in [2.05, 4.69) is 18.1 Å². The van der Waals surface area contributed by atoms with E-state index in [0.717, 1.165) is 29.2 Å². The number of ether oxygens (including phenoxy) is 1. The zero-order chi connectivity index (χ0) is 13.8. The van der Waals surface area contributed by atoms with Gasteiger partial charge in [0.1, 0.15) is 12.4 Å². The van der Waals surface area contributed by atoms with Crippen molar-refractivity contribution in [3.63, 3.8) is 0 Å². The predicted octanol–water partition coefficient (Wildman–Crippen LogP) is 2.81. The van der Waals surface area contributed by atoms with Crippen molar-refractivity contribution >= 4 is 0 Å². The number of rotatable bonds is 5. The lowest BCUT2D eigenvalue weighted by Crippen LogP contribution is -2.10. The number of nitrogens with two attached hydrogens (primary N) is 1. The molecule has 0 fully saturated rings. The van der Waals surface area contributed by atoms with Crippen LogP contribution in [-0.2, 0) is 13.2 Å². The van der Waals surface area contributed by atoms with Gasteiger partial charge in [-0.25, -0.2) is 0 Å². The molecule has 2 N–H and O–H groups in total. The maximum atomic E-state index is 5.95. The number of nitrogens with zero attached hydrogens (tertiary/aromatic N) is 2. The standard InChI is InChI=1S/C15H21N3O/c1-4-18-13(9-11(2)17-18)10-19-15-8-6-5-7-14(15)12(3)16/h5-9,12H,4,10,16H2,1-3H3. The van der Waals surface area contributed by atoms with Crippen LogP contribution in [0, 0.1) is 6.92 Å². The lowest BCUT2D eigenvalue weighted by Gasteiger charge is -2.14. The first-order chi connectivity index (χ1) is 9.11. The summed E-state index contributed by atoms with van der Waals surface area (Å²) in [4.78, 5) is 0. The van der Waals surface area contributed by atoms with Crippen molar-refractivity contribution in [1.29, 1.82) is 0 Å². The van der Waals surface area contributed by atoms with Gasteiger partial charge < -0.3 is 10.5 Å². The predicted molar refractivity (Wildman–Crippen MR) is 76.0 cm³/mol. The maximum absolute atomic E-state index is 5.95. The highest BCUT2D eigenvalue weighted by molar-refractivity contribution is 5.35. The van der Waals surface area contributed by atoms with E-state index in [4.69, 9.17) is 10.5 Å². The molecule has 0 spiro atoms. The Kier molecular flexibility index (Phi) is 4.22. The average Bonchev–Trinajstić information content (AvgIpc) is 2.77. The molecule has 0 saturated heterocycles. The molecule has 1 atom stereocenters. The fourth-order valence-corrected chi connectivity index (χ4v) is 2.13. The lowest BCUT2D eigenvalue weighted by molar-refractivity contribution is 0.288. The summed E-state index contributed by atoms with van der Waals surface area (Å²) in [6.07, 6.45) is 0. The summed E-state index contributed by atoms with van der Waals surface area (Å²) in [6, 6.07) is 9.92. The average molecular weight is 259 g/mol. The van der Waals surface area contributed by atoms with Gasteiger partial charge >= 0.3 is 0 Å². The van der Waals surface area contributed by atoms with Crippen molar-refractivity contribution < 1.29 is 4.74 Å². The molecular formula is C15H21N3O. The van der Waals surface area contributed by atoms with Crippen molar-refractivity contribution in [3.05, 3.63) is 47.3 Å². The Morgan fingerprint density at radius 3 is 2.79 bits per heavy atom. The molecule has 4 heteroatoms. The summed E-state index contributed by atoms with van der Waals surface area (Å²) in [7, 11) is 0. The van der Waals surface area contributed by atoms with Crippen LogP contribution in [0.4, 0.5) is 0 Å². The fraction of sp³-hybridized carbons (Fsp3) is 0.400. The molecule has 4 nitrogen and oxygen atoms in total. The minimum Gasteiger partial charge on any atom is -0.487 e. The van der Waals surface area contributed by atoms with Crippen LogP contribution in [0.25, 0.3) is 0 Å². The van der Waals surface area contributed by atoms with Crippen LogP contribution >= 0.6 is 0 Å². The molecule has 0 saturated carbocycles. The Morgan fingerprint density at radius 2 is 2.11 bits per heavy atom. The SMILES string of the molecule is CCn1nc(C)cc1COc1ccccc1C(C)N. The third-order valence-corrected chi connectivity index (χ3v) is 3.07. The van der Waals surface area contributed by atoms with Crippen LogP contribution in [0.3, 0.4) is 0 Å². The van der Waals surface area contributed by atoms with Crippen LogP contribution in [-0.4, -0.2) is 9.78 Å². The van der Waals surface area contributed by atoms with E-state index >= 15 is 0 Å². The quantitative estimate of drug-likeness (QED) is 0.898. The summed E-state index contributed by atoms with van der Waals surface area (Å²) in [6.45, 7) is 7.39. The van der Waals surface area contributed by atoms with Crippen LogP contribution in [0.1, 0.15) is 36.8 Å². The Labute approximate surface area is 114 Å². The molecule has 19 heavy (non-hydrogen) atoms. The first-order valence-corrected chi connectivity index (χ1v) is 6.62. The molecule has 0 aliphatic heterocycles. The van der Waals surface area contributed by atoms with E-state index in [0.29, 0.717) is 6.61 Å². The summed E-state index contributed by atoms with van der Waals surface area (Å²) in [5, 5.41) is 4.41. The van der Waals surface area contributed by atoms with Gasteiger partial charge in [0.15, 0.2) is 0 Å². The smallest absolute Gasteiger partial charge is 0.130 e. The maximum Gasteiger partial charge on any atom is 0.130 e. The summed E-state index contributed by atoms with van der Waals surface area (Å²) >= 11 is 0. The number of aryl methyl sites for hydroxylation is 2. The highest BCUT2D eigenvalue weighted by Gasteiger charge is 2.09. The molecule has 2 aromatic rings. The summed E-state index contributed by atoms with van der Waals surface area (Å²) < 4.78 is 7.86. The third-order valence-electron chi connectivity index (χ3n) is 3.07. The molecule has 0 aliphatic rings. The number of para-hydroxylation sites is 1. The van der Waals surface area contributed by atoms with Gasteiger partial charge in [-0.15, -0.1) is 0 Å². The van der Waals surface area contributed by atoms with E-state index in [-0.39, 0.29) is 6.04 Å². The molecule has 1 aromatic heterocycles. The number of benzene rings is 1. The van der Waals surface area contributed by atoms with Crippen LogP contribution < -0.4 is 10.5 Å². The van der Waals surface area contributed by atoms with E-state index < -0.39 is 0 Å². The first-order valence-electron chi connectivity index (χ1n) is 6.62. The second-order valence-electron chi connectivity index (χ2n) is 4.71. The second-order valence-corrected chi connectivity index (χ2v) is 4.71.